The smallest absolute Gasteiger partial charge is 0.494 e. The summed E-state index contributed by atoms with van der Waals surface area (Å²) in [4.78, 5) is 30.3. The van der Waals surface area contributed by atoms with E-state index in [4.69, 9.17) is 9.57 Å². The number of methoxy groups -OCH3 is 1. The molecule has 0 radical (unpaired) electrons. The lowest BCUT2D eigenvalue weighted by molar-refractivity contribution is 0.0519. The van der Waals surface area contributed by atoms with E-state index in [-0.39, 0.29) is 6.61 Å². The Morgan fingerprint density at radius 3 is 2.89 bits per heavy atom. The van der Waals surface area contributed by atoms with E-state index in [1.54, 1.807) is 25.1 Å². The summed E-state index contributed by atoms with van der Waals surface area (Å²) in [7, 11) is 1.46. The van der Waals surface area contributed by atoms with Crippen molar-refractivity contribution >= 4 is 17.2 Å². The summed E-state index contributed by atoms with van der Waals surface area (Å²) in [6.07, 6.45) is -0.952. The quantitative estimate of drug-likeness (QED) is 0.821. The molecular formula is C11H12N2O5. The molecule has 7 heteroatoms. The van der Waals surface area contributed by atoms with E-state index in [1.807, 2.05) is 0 Å². The van der Waals surface area contributed by atoms with E-state index in [1.165, 1.54) is 7.11 Å². The van der Waals surface area contributed by atoms with Gasteiger partial charge in [-0.3, -0.25) is 4.84 Å². The zero-order valence-corrected chi connectivity index (χ0v) is 9.93. The average Bonchev–Trinajstić information content (AvgIpc) is 2.66. The van der Waals surface area contributed by atoms with Crippen molar-refractivity contribution < 1.29 is 19.1 Å². The summed E-state index contributed by atoms with van der Waals surface area (Å²) >= 11 is 0. The van der Waals surface area contributed by atoms with Gasteiger partial charge in [-0.05, 0) is 19.1 Å². The minimum absolute atomic E-state index is 0.160. The number of imidazole rings is 1. The molecule has 0 fully saturated rings. The number of aromatic amines is 1. The van der Waals surface area contributed by atoms with E-state index < -0.39 is 11.8 Å². The number of rotatable bonds is 3. The monoisotopic (exact) mass is 252 g/mol. The molecule has 96 valence electrons. The summed E-state index contributed by atoms with van der Waals surface area (Å²) in [6.45, 7) is 1.80. The van der Waals surface area contributed by atoms with Crippen molar-refractivity contribution in [3.05, 3.63) is 28.7 Å². The first kappa shape index (κ1) is 12.0. The SMILES string of the molecule is CCOC(=O)On1c(=O)[nH]c2cccc(OC)c21. The van der Waals surface area contributed by atoms with Gasteiger partial charge >= 0.3 is 11.8 Å². The van der Waals surface area contributed by atoms with E-state index in [0.29, 0.717) is 16.8 Å². The maximum atomic E-state index is 11.7. The predicted molar refractivity (Wildman–Crippen MR) is 62.7 cm³/mol. The minimum Gasteiger partial charge on any atom is -0.494 e. The lowest BCUT2D eigenvalue weighted by Gasteiger charge is -2.06. The van der Waals surface area contributed by atoms with Crippen LogP contribution in [0.15, 0.2) is 23.0 Å². The number of fused-ring (bicyclic) bond motifs is 1. The minimum atomic E-state index is -0.952. The Labute approximate surface area is 102 Å². The lowest BCUT2D eigenvalue weighted by atomic mass is 10.3. The Morgan fingerprint density at radius 1 is 1.44 bits per heavy atom. The summed E-state index contributed by atoms with van der Waals surface area (Å²) in [5.74, 6) is 0.412. The molecule has 7 nitrogen and oxygen atoms in total. The molecule has 0 spiro atoms. The topological polar surface area (TPSA) is 82.5 Å². The highest BCUT2D eigenvalue weighted by Crippen LogP contribution is 2.22. The number of carbonyl (C=O) groups excluding carboxylic acids is 1. The second kappa shape index (κ2) is 4.82. The van der Waals surface area contributed by atoms with E-state index in [0.717, 1.165) is 4.73 Å². The highest BCUT2D eigenvalue weighted by atomic mass is 16.8. The number of hydrogen-bond acceptors (Lipinski definition) is 5. The fraction of sp³-hybridized carbons (Fsp3) is 0.273. The molecule has 1 aromatic heterocycles. The van der Waals surface area contributed by atoms with Crippen molar-refractivity contribution in [3.63, 3.8) is 0 Å². The van der Waals surface area contributed by atoms with Gasteiger partial charge in [0.1, 0.15) is 5.75 Å². The molecule has 1 aromatic carbocycles. The van der Waals surface area contributed by atoms with E-state index in [2.05, 4.69) is 9.72 Å². The van der Waals surface area contributed by atoms with Crippen LogP contribution in [-0.4, -0.2) is 29.6 Å². The molecule has 0 bridgehead atoms. The first-order chi connectivity index (χ1) is 8.67. The molecule has 2 rings (SSSR count). The van der Waals surface area contributed by atoms with Gasteiger partial charge in [0.2, 0.25) is 0 Å². The van der Waals surface area contributed by atoms with Crippen LogP contribution >= 0.6 is 0 Å². The van der Waals surface area contributed by atoms with Crippen LogP contribution in [-0.2, 0) is 4.74 Å². The van der Waals surface area contributed by atoms with Gasteiger partial charge in [-0.15, -0.1) is 4.73 Å². The lowest BCUT2D eigenvalue weighted by Crippen LogP contribution is -2.29. The molecule has 0 aliphatic carbocycles. The third-order valence-electron chi connectivity index (χ3n) is 2.28. The zero-order valence-electron chi connectivity index (χ0n) is 9.93. The van der Waals surface area contributed by atoms with Crippen LogP contribution in [0.5, 0.6) is 5.75 Å². The number of aromatic nitrogens is 2. The molecule has 0 amide bonds. The van der Waals surface area contributed by atoms with Crippen molar-refractivity contribution in [2.45, 2.75) is 6.92 Å². The van der Waals surface area contributed by atoms with Gasteiger partial charge in [0, 0.05) is 0 Å². The van der Waals surface area contributed by atoms with Gasteiger partial charge in [-0.2, -0.15) is 0 Å². The van der Waals surface area contributed by atoms with Crippen LogP contribution in [0.4, 0.5) is 4.79 Å². The number of nitrogens with zero attached hydrogens (tertiary/aromatic N) is 1. The van der Waals surface area contributed by atoms with Gasteiger partial charge in [0.25, 0.3) is 0 Å². The second-order valence-corrected chi connectivity index (χ2v) is 3.36. The van der Waals surface area contributed by atoms with Crippen molar-refractivity contribution in [3.8, 4) is 5.75 Å². The Hall–Kier alpha value is -2.44. The number of ether oxygens (including phenoxy) is 2. The second-order valence-electron chi connectivity index (χ2n) is 3.36. The third-order valence-corrected chi connectivity index (χ3v) is 2.28. The van der Waals surface area contributed by atoms with Crippen LogP contribution in [0.25, 0.3) is 11.0 Å². The summed E-state index contributed by atoms with van der Waals surface area (Å²) in [5, 5.41) is 0. The number of nitrogens with one attached hydrogen (secondary N) is 1. The van der Waals surface area contributed by atoms with E-state index >= 15 is 0 Å². The number of carbonyl (C=O) groups is 1. The zero-order chi connectivity index (χ0) is 13.1. The first-order valence-electron chi connectivity index (χ1n) is 5.30. The molecular weight excluding hydrogens is 240 g/mol. The van der Waals surface area contributed by atoms with Gasteiger partial charge in [0.15, 0.2) is 5.52 Å². The van der Waals surface area contributed by atoms with E-state index in [9.17, 15) is 9.59 Å². The number of H-pyrrole nitrogens is 1. The van der Waals surface area contributed by atoms with Crippen LogP contribution in [0.2, 0.25) is 0 Å². The molecule has 0 aliphatic rings. The molecule has 2 aromatic rings. The number of para-hydroxylation sites is 1. The normalized spacial score (nSPS) is 10.3. The molecule has 0 atom stereocenters. The van der Waals surface area contributed by atoms with Crippen LogP contribution in [0, 0.1) is 0 Å². The fourth-order valence-electron chi connectivity index (χ4n) is 1.57. The maximum absolute atomic E-state index is 11.7. The van der Waals surface area contributed by atoms with Crippen molar-refractivity contribution in [1.82, 2.24) is 9.71 Å². The molecule has 0 saturated heterocycles. The van der Waals surface area contributed by atoms with Crippen LogP contribution in [0.3, 0.4) is 0 Å². The Kier molecular flexibility index (Phi) is 3.22. The van der Waals surface area contributed by atoms with Gasteiger partial charge in [-0.25, -0.2) is 9.59 Å². The maximum Gasteiger partial charge on any atom is 0.533 e. The average molecular weight is 252 g/mol. The molecule has 1 heterocycles. The Balaban J connectivity index is 2.52. The van der Waals surface area contributed by atoms with Gasteiger partial charge < -0.3 is 14.5 Å². The fourth-order valence-corrected chi connectivity index (χ4v) is 1.57. The summed E-state index contributed by atoms with van der Waals surface area (Å²) < 4.78 is 10.5. The standard InChI is InChI=1S/C11H12N2O5/c1-3-17-11(15)18-13-9-7(12-10(13)14)5-4-6-8(9)16-2/h4-6H,3H2,1-2H3,(H,12,14). The highest BCUT2D eigenvalue weighted by Gasteiger charge is 2.16. The largest absolute Gasteiger partial charge is 0.533 e. The predicted octanol–water partition coefficient (Wildman–Crippen LogP) is 0.923. The van der Waals surface area contributed by atoms with Crippen molar-refractivity contribution in [1.29, 1.82) is 0 Å². The highest BCUT2D eigenvalue weighted by molar-refractivity contribution is 5.82. The number of benzene rings is 1. The van der Waals surface area contributed by atoms with Crippen molar-refractivity contribution in [2.24, 2.45) is 0 Å². The summed E-state index contributed by atoms with van der Waals surface area (Å²) in [6, 6.07) is 5.04. The molecule has 18 heavy (non-hydrogen) atoms. The third kappa shape index (κ3) is 2.02. The molecule has 0 unspecified atom stereocenters. The van der Waals surface area contributed by atoms with Crippen LogP contribution in [0.1, 0.15) is 6.92 Å². The molecule has 0 saturated carbocycles. The Bertz CT molecular complexity index is 628. The van der Waals surface area contributed by atoms with Gasteiger partial charge in [-0.1, -0.05) is 6.07 Å². The van der Waals surface area contributed by atoms with Crippen LogP contribution < -0.4 is 15.3 Å². The van der Waals surface area contributed by atoms with Gasteiger partial charge in [0.05, 0.1) is 19.2 Å². The molecule has 0 aliphatic heterocycles. The number of hydrogen-bond donors (Lipinski definition) is 1. The summed E-state index contributed by atoms with van der Waals surface area (Å²) in [5.41, 5.74) is 0.268. The Morgan fingerprint density at radius 2 is 2.22 bits per heavy atom. The molecule has 1 N–H and O–H groups in total. The first-order valence-corrected chi connectivity index (χ1v) is 5.30. The van der Waals surface area contributed by atoms with Crippen molar-refractivity contribution in [2.75, 3.05) is 13.7 Å².